The predicted molar refractivity (Wildman–Crippen MR) is 145 cm³/mol. The van der Waals surface area contributed by atoms with Gasteiger partial charge in [-0.05, 0) is 62.6 Å². The number of benzene rings is 2. The van der Waals surface area contributed by atoms with E-state index in [1.807, 2.05) is 56.3 Å². The molecule has 1 amide bonds. The average molecular weight is 569 g/mol. The Bertz CT molecular complexity index is 918. The van der Waals surface area contributed by atoms with Crippen LogP contribution in [0.2, 0.25) is 0 Å². The molecule has 7 nitrogen and oxygen atoms in total. The molecule has 0 aromatic heterocycles. The van der Waals surface area contributed by atoms with Crippen molar-refractivity contribution < 1.29 is 14.3 Å². The summed E-state index contributed by atoms with van der Waals surface area (Å²) < 4.78 is 11.4. The quantitative estimate of drug-likeness (QED) is 0.255. The summed E-state index contributed by atoms with van der Waals surface area (Å²) in [6, 6.07) is 13.7. The molecule has 2 aromatic rings. The van der Waals surface area contributed by atoms with Crippen LogP contribution in [0.1, 0.15) is 48.3 Å². The first-order chi connectivity index (χ1) is 15.4. The number of carbonyl (C=O) groups is 1. The topological polar surface area (TPSA) is 75.2 Å². The number of carbonyl (C=O) groups excluding carboxylic acids is 1. The van der Waals surface area contributed by atoms with E-state index in [0.717, 1.165) is 29.0 Å². The molecule has 0 bridgehead atoms. The van der Waals surface area contributed by atoms with Crippen molar-refractivity contribution in [2.45, 2.75) is 33.2 Å². The molecular weight excluding hydrogens is 531 g/mol. The van der Waals surface area contributed by atoms with E-state index in [2.05, 4.69) is 22.5 Å². The zero-order valence-electron chi connectivity index (χ0n) is 20.5. The lowest BCUT2D eigenvalue weighted by atomic mass is 10.1. The zero-order chi connectivity index (χ0) is 23.5. The Hall–Kier alpha value is -2.49. The summed E-state index contributed by atoms with van der Waals surface area (Å²) in [5.41, 5.74) is 2.88. The predicted octanol–water partition coefficient (Wildman–Crippen LogP) is 4.27. The van der Waals surface area contributed by atoms with Gasteiger partial charge >= 0.3 is 0 Å². The highest BCUT2D eigenvalue weighted by Crippen LogP contribution is 2.30. The van der Waals surface area contributed by atoms with Crippen LogP contribution >= 0.6 is 24.0 Å². The molecule has 2 N–H and O–H groups in total. The molecule has 0 heterocycles. The van der Waals surface area contributed by atoms with Crippen LogP contribution in [0.25, 0.3) is 0 Å². The van der Waals surface area contributed by atoms with Crippen LogP contribution in [0.4, 0.5) is 0 Å². The van der Waals surface area contributed by atoms with Gasteiger partial charge in [-0.15, -0.1) is 24.0 Å². The fourth-order valence-corrected chi connectivity index (χ4v) is 3.26. The van der Waals surface area contributed by atoms with Crippen LogP contribution in [0.15, 0.2) is 47.5 Å². The van der Waals surface area contributed by atoms with Crippen molar-refractivity contribution in [2.75, 3.05) is 40.9 Å². The SMILES string of the molecule is CCOc1ccc(C(C)NC(=NC)NCCc2cccc(C(=O)N(C)C)c2)cc1OCC.I. The normalized spacial score (nSPS) is 11.8. The number of ether oxygens (including phenoxy) is 2. The standard InChI is InChI=1S/C25H36N4O3.HI/c1-7-31-22-13-12-20(17-23(22)32-8-2)18(3)28-25(26-4)27-15-14-19-10-9-11-21(16-19)24(30)29(5)6;/h9-13,16-18H,7-8,14-15H2,1-6H3,(H2,26,27,28);1H. The molecule has 2 rings (SSSR count). The zero-order valence-corrected chi connectivity index (χ0v) is 22.8. The van der Waals surface area contributed by atoms with Crippen LogP contribution in [0, 0.1) is 0 Å². The van der Waals surface area contributed by atoms with Crippen molar-refractivity contribution in [2.24, 2.45) is 4.99 Å². The van der Waals surface area contributed by atoms with Crippen LogP contribution < -0.4 is 20.1 Å². The monoisotopic (exact) mass is 568 g/mol. The number of hydrogen-bond donors (Lipinski definition) is 2. The van der Waals surface area contributed by atoms with Gasteiger partial charge in [0.1, 0.15) is 0 Å². The maximum absolute atomic E-state index is 12.2. The summed E-state index contributed by atoms with van der Waals surface area (Å²) in [6.07, 6.45) is 0.779. The fourth-order valence-electron chi connectivity index (χ4n) is 3.26. The highest BCUT2D eigenvalue weighted by molar-refractivity contribution is 14.0. The van der Waals surface area contributed by atoms with Crippen LogP contribution in [0.5, 0.6) is 11.5 Å². The lowest BCUT2D eigenvalue weighted by Gasteiger charge is -2.20. The third-order valence-electron chi connectivity index (χ3n) is 4.93. The van der Waals surface area contributed by atoms with E-state index >= 15 is 0 Å². The number of hydrogen-bond acceptors (Lipinski definition) is 4. The molecule has 0 fully saturated rings. The summed E-state index contributed by atoms with van der Waals surface area (Å²) >= 11 is 0. The van der Waals surface area contributed by atoms with Gasteiger partial charge in [-0.1, -0.05) is 18.2 Å². The molecule has 0 aliphatic heterocycles. The molecule has 0 saturated heterocycles. The molecule has 1 unspecified atom stereocenters. The maximum Gasteiger partial charge on any atom is 0.253 e. The second kappa shape index (κ2) is 14.6. The molecular formula is C25H37IN4O3. The lowest BCUT2D eigenvalue weighted by Crippen LogP contribution is -2.39. The largest absolute Gasteiger partial charge is 0.490 e. The maximum atomic E-state index is 12.2. The first-order valence-corrected chi connectivity index (χ1v) is 11.1. The molecule has 2 aromatic carbocycles. The Balaban J connectivity index is 0.00000544. The van der Waals surface area contributed by atoms with Gasteiger partial charge < -0.3 is 25.0 Å². The van der Waals surface area contributed by atoms with Gasteiger partial charge in [-0.2, -0.15) is 0 Å². The van der Waals surface area contributed by atoms with Gasteiger partial charge in [0, 0.05) is 33.3 Å². The molecule has 0 aliphatic rings. The minimum absolute atomic E-state index is 0. The molecule has 0 spiro atoms. The summed E-state index contributed by atoms with van der Waals surface area (Å²) in [7, 11) is 5.27. The van der Waals surface area contributed by atoms with Gasteiger partial charge in [0.15, 0.2) is 17.5 Å². The van der Waals surface area contributed by atoms with Gasteiger partial charge in [0.2, 0.25) is 0 Å². The van der Waals surface area contributed by atoms with E-state index in [1.54, 1.807) is 26.0 Å². The van der Waals surface area contributed by atoms with Crippen LogP contribution in [-0.4, -0.2) is 57.7 Å². The van der Waals surface area contributed by atoms with Crippen molar-refractivity contribution in [1.29, 1.82) is 0 Å². The van der Waals surface area contributed by atoms with Crippen molar-refractivity contribution in [3.63, 3.8) is 0 Å². The average Bonchev–Trinajstić information content (AvgIpc) is 2.79. The number of amides is 1. The minimum atomic E-state index is 0. The Morgan fingerprint density at radius 3 is 2.39 bits per heavy atom. The highest BCUT2D eigenvalue weighted by atomic mass is 127. The number of rotatable bonds is 10. The van der Waals surface area contributed by atoms with Crippen molar-refractivity contribution in [3.8, 4) is 11.5 Å². The molecule has 1 atom stereocenters. The molecule has 8 heteroatoms. The van der Waals surface area contributed by atoms with E-state index in [1.165, 1.54) is 0 Å². The first kappa shape index (κ1) is 28.5. The summed E-state index contributed by atoms with van der Waals surface area (Å²) in [5, 5.41) is 6.77. The lowest BCUT2D eigenvalue weighted by molar-refractivity contribution is 0.0827. The smallest absolute Gasteiger partial charge is 0.253 e. The second-order valence-corrected chi connectivity index (χ2v) is 7.59. The first-order valence-electron chi connectivity index (χ1n) is 11.1. The van der Waals surface area contributed by atoms with E-state index in [0.29, 0.717) is 31.3 Å². The summed E-state index contributed by atoms with van der Waals surface area (Å²) in [5.74, 6) is 2.22. The van der Waals surface area contributed by atoms with E-state index in [4.69, 9.17) is 9.47 Å². The van der Waals surface area contributed by atoms with Crippen LogP contribution in [0.3, 0.4) is 0 Å². The van der Waals surface area contributed by atoms with Crippen molar-refractivity contribution in [3.05, 3.63) is 59.2 Å². The third kappa shape index (κ3) is 8.75. The minimum Gasteiger partial charge on any atom is -0.490 e. The molecule has 182 valence electrons. The number of nitrogens with one attached hydrogen (secondary N) is 2. The van der Waals surface area contributed by atoms with E-state index < -0.39 is 0 Å². The Morgan fingerprint density at radius 2 is 1.76 bits per heavy atom. The van der Waals surface area contributed by atoms with E-state index in [9.17, 15) is 4.79 Å². The number of halogens is 1. The number of aliphatic imine (C=N–C) groups is 1. The molecule has 0 saturated carbocycles. The highest BCUT2D eigenvalue weighted by Gasteiger charge is 2.13. The molecule has 33 heavy (non-hydrogen) atoms. The van der Waals surface area contributed by atoms with Gasteiger partial charge in [-0.3, -0.25) is 9.79 Å². The summed E-state index contributed by atoms with van der Waals surface area (Å²) in [6.45, 7) is 7.86. The van der Waals surface area contributed by atoms with Gasteiger partial charge in [-0.25, -0.2) is 0 Å². The van der Waals surface area contributed by atoms with Gasteiger partial charge in [0.05, 0.1) is 19.3 Å². The Morgan fingerprint density at radius 1 is 1.06 bits per heavy atom. The van der Waals surface area contributed by atoms with Crippen molar-refractivity contribution in [1.82, 2.24) is 15.5 Å². The summed E-state index contributed by atoms with van der Waals surface area (Å²) in [4.78, 5) is 18.1. The number of guanidine groups is 1. The fraction of sp³-hybridized carbons (Fsp3) is 0.440. The van der Waals surface area contributed by atoms with Crippen LogP contribution in [-0.2, 0) is 6.42 Å². The second-order valence-electron chi connectivity index (χ2n) is 7.59. The Labute approximate surface area is 215 Å². The molecule has 0 radical (unpaired) electrons. The van der Waals surface area contributed by atoms with Crippen molar-refractivity contribution >= 4 is 35.8 Å². The van der Waals surface area contributed by atoms with Gasteiger partial charge in [0.25, 0.3) is 5.91 Å². The molecule has 0 aliphatic carbocycles. The number of nitrogens with zero attached hydrogens (tertiary/aromatic N) is 2. The van der Waals surface area contributed by atoms with E-state index in [-0.39, 0.29) is 35.9 Å². The Kier molecular flexibility index (Phi) is 12.6. The third-order valence-corrected chi connectivity index (χ3v) is 4.93.